The van der Waals surface area contributed by atoms with E-state index >= 15 is 0 Å². The molecule has 0 bridgehead atoms. The zero-order valence-corrected chi connectivity index (χ0v) is 16.6. The molecule has 30 heavy (non-hydrogen) atoms. The molecule has 3 rings (SSSR count). The summed E-state index contributed by atoms with van der Waals surface area (Å²) in [6.07, 6.45) is 0. The monoisotopic (exact) mass is 402 g/mol. The van der Waals surface area contributed by atoms with Crippen LogP contribution in [0.25, 0.3) is 0 Å². The van der Waals surface area contributed by atoms with Crippen LogP contribution in [0.1, 0.15) is 35.3 Å². The average Bonchev–Trinajstić information content (AvgIpc) is 2.77. The van der Waals surface area contributed by atoms with Crippen LogP contribution in [0.3, 0.4) is 0 Å². The van der Waals surface area contributed by atoms with Crippen molar-refractivity contribution in [3.8, 4) is 11.5 Å². The number of phenolic OH excluding ortho intramolecular Hbond substituents is 2. The fourth-order valence-electron chi connectivity index (χ4n) is 2.58. The minimum Gasteiger partial charge on any atom is -0.508 e. The van der Waals surface area contributed by atoms with Gasteiger partial charge < -0.3 is 10.2 Å². The van der Waals surface area contributed by atoms with Crippen LogP contribution in [-0.4, -0.2) is 27.5 Å². The number of hydrazone groups is 2. The second-order valence-electron chi connectivity index (χ2n) is 6.62. The van der Waals surface area contributed by atoms with Gasteiger partial charge in [-0.25, -0.2) is 5.43 Å². The van der Waals surface area contributed by atoms with Crippen molar-refractivity contribution in [1.82, 2.24) is 5.43 Å². The second kappa shape index (κ2) is 9.38. The topological polar surface area (TPSA) is 106 Å². The van der Waals surface area contributed by atoms with E-state index in [0.717, 1.165) is 22.5 Å². The van der Waals surface area contributed by atoms with Gasteiger partial charge in [0.2, 0.25) is 0 Å². The smallest absolute Gasteiger partial charge is 0.271 e. The third-order valence-electron chi connectivity index (χ3n) is 4.40. The molecule has 152 valence electrons. The molecule has 0 aliphatic heterocycles. The van der Waals surface area contributed by atoms with Gasteiger partial charge >= 0.3 is 0 Å². The summed E-state index contributed by atoms with van der Waals surface area (Å²) < 4.78 is 0. The molecule has 0 fully saturated rings. The summed E-state index contributed by atoms with van der Waals surface area (Å²) in [6.45, 7) is 3.63. The average molecular weight is 402 g/mol. The third-order valence-corrected chi connectivity index (χ3v) is 4.40. The number of hydrogen-bond acceptors (Lipinski definition) is 6. The molecule has 0 unspecified atom stereocenters. The number of carbonyl (C=O) groups excluding carboxylic acids is 1. The van der Waals surface area contributed by atoms with Crippen LogP contribution in [-0.2, 0) is 0 Å². The van der Waals surface area contributed by atoms with Gasteiger partial charge in [-0.15, -0.1) is 0 Å². The zero-order chi connectivity index (χ0) is 21.5. The van der Waals surface area contributed by atoms with Crippen LogP contribution in [0, 0.1) is 0 Å². The number of nitrogens with zero attached hydrogens (tertiary/aromatic N) is 2. The van der Waals surface area contributed by atoms with Crippen LogP contribution in [0.15, 0.2) is 83.0 Å². The number of hydrogen-bond donors (Lipinski definition) is 4. The molecule has 7 heteroatoms. The number of anilines is 1. The Labute approximate surface area is 174 Å². The summed E-state index contributed by atoms with van der Waals surface area (Å²) >= 11 is 0. The molecule has 0 heterocycles. The summed E-state index contributed by atoms with van der Waals surface area (Å²) in [5.41, 5.74) is 9.74. The molecule has 3 aromatic carbocycles. The Morgan fingerprint density at radius 2 is 1.10 bits per heavy atom. The van der Waals surface area contributed by atoms with Gasteiger partial charge in [0.1, 0.15) is 11.5 Å². The molecule has 0 aliphatic carbocycles. The van der Waals surface area contributed by atoms with Crippen molar-refractivity contribution >= 4 is 23.0 Å². The number of benzene rings is 3. The van der Waals surface area contributed by atoms with Gasteiger partial charge in [-0.1, -0.05) is 0 Å². The predicted octanol–water partition coefficient (Wildman–Crippen LogP) is 4.09. The van der Waals surface area contributed by atoms with Crippen molar-refractivity contribution in [2.75, 3.05) is 5.43 Å². The predicted molar refractivity (Wildman–Crippen MR) is 118 cm³/mol. The van der Waals surface area contributed by atoms with Crippen LogP contribution < -0.4 is 10.9 Å². The SMILES string of the molecule is C/C(=N/NC(=O)c1ccc(N/N=C(/C)c2ccc(O)cc2)cc1)c1ccc(O)cc1. The molecule has 0 saturated heterocycles. The van der Waals surface area contributed by atoms with Crippen molar-refractivity contribution in [3.63, 3.8) is 0 Å². The third kappa shape index (κ3) is 5.45. The standard InChI is InChI=1S/C23H22N4O3/c1-15(17-5-11-21(28)12-6-17)24-26-20-9-3-19(4-10-20)23(30)27-25-16(2)18-7-13-22(29)14-8-18/h3-14,26,28-29H,1-2H3,(H,27,30)/b24-15-,25-16-. The molecule has 0 radical (unpaired) electrons. The molecule has 0 atom stereocenters. The highest BCUT2D eigenvalue weighted by Crippen LogP contribution is 2.13. The van der Waals surface area contributed by atoms with E-state index in [1.807, 2.05) is 6.92 Å². The number of phenols is 2. The van der Waals surface area contributed by atoms with Crippen molar-refractivity contribution in [1.29, 1.82) is 0 Å². The number of rotatable bonds is 6. The summed E-state index contributed by atoms with van der Waals surface area (Å²) in [5.74, 6) is 0.0475. The summed E-state index contributed by atoms with van der Waals surface area (Å²) in [5, 5.41) is 27.1. The Hall–Kier alpha value is -4.13. The fourth-order valence-corrected chi connectivity index (χ4v) is 2.58. The number of carbonyl (C=O) groups is 1. The lowest BCUT2D eigenvalue weighted by Crippen LogP contribution is -2.19. The first kappa shape index (κ1) is 20.6. The number of amides is 1. The van der Waals surface area contributed by atoms with Crippen molar-refractivity contribution < 1.29 is 15.0 Å². The Bertz CT molecular complexity index is 1070. The molecular formula is C23H22N4O3. The van der Waals surface area contributed by atoms with Gasteiger partial charge in [0.15, 0.2) is 0 Å². The van der Waals surface area contributed by atoms with Gasteiger partial charge in [0, 0.05) is 5.56 Å². The maximum Gasteiger partial charge on any atom is 0.271 e. The Morgan fingerprint density at radius 3 is 1.60 bits per heavy atom. The van der Waals surface area contributed by atoms with E-state index in [0.29, 0.717) is 11.3 Å². The van der Waals surface area contributed by atoms with Gasteiger partial charge in [-0.2, -0.15) is 10.2 Å². The Balaban J connectivity index is 1.60. The van der Waals surface area contributed by atoms with Crippen LogP contribution in [0.2, 0.25) is 0 Å². The van der Waals surface area contributed by atoms with Crippen molar-refractivity contribution in [2.24, 2.45) is 10.2 Å². The first-order valence-electron chi connectivity index (χ1n) is 9.26. The van der Waals surface area contributed by atoms with E-state index < -0.39 is 0 Å². The minimum absolute atomic E-state index is 0.173. The molecule has 4 N–H and O–H groups in total. The molecule has 3 aromatic rings. The molecule has 0 saturated carbocycles. The van der Waals surface area contributed by atoms with Crippen molar-refractivity contribution in [3.05, 3.63) is 89.5 Å². The number of nitrogens with one attached hydrogen (secondary N) is 2. The molecule has 1 amide bonds. The quantitative estimate of drug-likeness (QED) is 0.368. The lowest BCUT2D eigenvalue weighted by Gasteiger charge is -2.06. The highest BCUT2D eigenvalue weighted by molar-refractivity contribution is 6.01. The first-order valence-corrected chi connectivity index (χ1v) is 9.26. The largest absolute Gasteiger partial charge is 0.508 e. The molecular weight excluding hydrogens is 380 g/mol. The molecule has 7 nitrogen and oxygen atoms in total. The summed E-state index contributed by atoms with van der Waals surface area (Å²) in [7, 11) is 0. The molecule has 0 aromatic heterocycles. The fraction of sp³-hybridized carbons (Fsp3) is 0.0870. The second-order valence-corrected chi connectivity index (χ2v) is 6.62. The van der Waals surface area contributed by atoms with E-state index in [2.05, 4.69) is 21.1 Å². The summed E-state index contributed by atoms with van der Waals surface area (Å²) in [6, 6.07) is 20.2. The first-order chi connectivity index (χ1) is 14.4. The zero-order valence-electron chi connectivity index (χ0n) is 16.6. The maximum atomic E-state index is 12.3. The normalized spacial score (nSPS) is 11.8. The lowest BCUT2D eigenvalue weighted by atomic mass is 10.1. The highest BCUT2D eigenvalue weighted by atomic mass is 16.3. The van der Waals surface area contributed by atoms with Gasteiger partial charge in [-0.3, -0.25) is 10.2 Å². The maximum absolute atomic E-state index is 12.3. The number of aromatic hydroxyl groups is 2. The van der Waals surface area contributed by atoms with Crippen LogP contribution >= 0.6 is 0 Å². The van der Waals surface area contributed by atoms with Gasteiger partial charge in [-0.05, 0) is 97.8 Å². The lowest BCUT2D eigenvalue weighted by molar-refractivity contribution is 0.0955. The highest BCUT2D eigenvalue weighted by Gasteiger charge is 2.05. The van der Waals surface area contributed by atoms with E-state index in [-0.39, 0.29) is 17.4 Å². The molecule has 0 spiro atoms. The molecule has 0 aliphatic rings. The Morgan fingerprint density at radius 1 is 0.667 bits per heavy atom. The van der Waals surface area contributed by atoms with Crippen LogP contribution in [0.5, 0.6) is 11.5 Å². The van der Waals surface area contributed by atoms with E-state index in [1.165, 1.54) is 0 Å². The summed E-state index contributed by atoms with van der Waals surface area (Å²) in [4.78, 5) is 12.3. The minimum atomic E-state index is -0.330. The Kier molecular flexibility index (Phi) is 6.44. The van der Waals surface area contributed by atoms with E-state index in [4.69, 9.17) is 0 Å². The van der Waals surface area contributed by atoms with Gasteiger partial charge in [0.25, 0.3) is 5.91 Å². The van der Waals surface area contributed by atoms with E-state index in [1.54, 1.807) is 79.7 Å². The van der Waals surface area contributed by atoms with Crippen molar-refractivity contribution in [2.45, 2.75) is 13.8 Å². The van der Waals surface area contributed by atoms with Gasteiger partial charge in [0.05, 0.1) is 17.1 Å². The van der Waals surface area contributed by atoms with Crippen LogP contribution in [0.4, 0.5) is 5.69 Å². The van der Waals surface area contributed by atoms with E-state index in [9.17, 15) is 15.0 Å².